The van der Waals surface area contributed by atoms with Gasteiger partial charge < -0.3 is 13.9 Å². The molecule has 1 atom stereocenters. The van der Waals surface area contributed by atoms with Crippen molar-refractivity contribution < 1.29 is 23.5 Å². The Hall–Kier alpha value is -5.17. The summed E-state index contributed by atoms with van der Waals surface area (Å²) >= 11 is 0. The lowest BCUT2D eigenvalue weighted by Gasteiger charge is -2.25. The lowest BCUT2D eigenvalue weighted by Crippen LogP contribution is -2.29. The van der Waals surface area contributed by atoms with E-state index in [1.165, 1.54) is 4.90 Å². The monoisotopic (exact) mass is 531 g/mol. The fourth-order valence-electron chi connectivity index (χ4n) is 5.01. The molecular formula is C33H25NO6. The van der Waals surface area contributed by atoms with Crippen LogP contribution in [0.5, 0.6) is 11.5 Å². The zero-order chi connectivity index (χ0) is 27.8. The number of fused-ring (bicyclic) bond motifs is 2. The number of carbonyl (C=O) groups excluding carboxylic acids is 2. The highest BCUT2D eigenvalue weighted by atomic mass is 16.5. The van der Waals surface area contributed by atoms with Gasteiger partial charge in [-0.2, -0.15) is 0 Å². The number of para-hydroxylation sites is 1. The normalized spacial score (nSPS) is 14.3. The van der Waals surface area contributed by atoms with Crippen molar-refractivity contribution in [2.45, 2.75) is 19.9 Å². The molecule has 0 bridgehead atoms. The Bertz CT molecular complexity index is 1810. The summed E-state index contributed by atoms with van der Waals surface area (Å²) in [4.78, 5) is 41.6. The second kappa shape index (κ2) is 10.2. The zero-order valence-electron chi connectivity index (χ0n) is 21.9. The number of benzene rings is 4. The predicted molar refractivity (Wildman–Crippen MR) is 151 cm³/mol. The average Bonchev–Trinajstić information content (AvgIpc) is 3.26. The minimum absolute atomic E-state index is 0.00444. The quantitative estimate of drug-likeness (QED) is 0.224. The minimum Gasteiger partial charge on any atom is -0.462 e. The van der Waals surface area contributed by atoms with Crippen molar-refractivity contribution in [2.24, 2.45) is 0 Å². The van der Waals surface area contributed by atoms with E-state index in [4.69, 9.17) is 13.9 Å². The topological polar surface area (TPSA) is 86.0 Å². The summed E-state index contributed by atoms with van der Waals surface area (Å²) in [5.41, 5.74) is 2.79. The SMILES string of the molecule is CCOC(=O)c1ccc(N2C(=O)c3oc4ccc(C)cc4c(=O)c3C2c2cccc(Oc3ccccc3)c2)cc1. The molecular weight excluding hydrogens is 506 g/mol. The second-order valence-corrected chi connectivity index (χ2v) is 9.51. The van der Waals surface area contributed by atoms with E-state index in [1.807, 2.05) is 67.6 Å². The number of esters is 1. The number of hydrogen-bond donors (Lipinski definition) is 0. The third kappa shape index (κ3) is 4.41. The maximum Gasteiger partial charge on any atom is 0.338 e. The summed E-state index contributed by atoms with van der Waals surface area (Å²) in [7, 11) is 0. The van der Waals surface area contributed by atoms with Gasteiger partial charge in [-0.05, 0) is 80.1 Å². The molecule has 7 nitrogen and oxygen atoms in total. The summed E-state index contributed by atoms with van der Waals surface area (Å²) in [6, 6.07) is 27.8. The number of rotatable bonds is 6. The van der Waals surface area contributed by atoms with E-state index in [-0.39, 0.29) is 23.4 Å². The third-order valence-corrected chi connectivity index (χ3v) is 6.83. The van der Waals surface area contributed by atoms with Gasteiger partial charge in [0.25, 0.3) is 5.91 Å². The van der Waals surface area contributed by atoms with Crippen LogP contribution < -0.4 is 15.1 Å². The van der Waals surface area contributed by atoms with E-state index in [0.29, 0.717) is 39.3 Å². The van der Waals surface area contributed by atoms with Gasteiger partial charge >= 0.3 is 5.97 Å². The number of carbonyl (C=O) groups is 2. The van der Waals surface area contributed by atoms with Crippen molar-refractivity contribution in [2.75, 3.05) is 11.5 Å². The highest BCUT2D eigenvalue weighted by molar-refractivity contribution is 6.10. The van der Waals surface area contributed by atoms with Gasteiger partial charge in [0.05, 0.1) is 29.2 Å². The van der Waals surface area contributed by atoms with E-state index in [1.54, 1.807) is 43.3 Å². The lowest BCUT2D eigenvalue weighted by molar-refractivity contribution is 0.0526. The molecule has 5 aromatic rings. The first-order valence-corrected chi connectivity index (χ1v) is 13.0. The Morgan fingerprint density at radius 3 is 2.38 bits per heavy atom. The second-order valence-electron chi connectivity index (χ2n) is 9.51. The largest absolute Gasteiger partial charge is 0.462 e. The Morgan fingerprint density at radius 1 is 0.875 bits per heavy atom. The average molecular weight is 532 g/mol. The molecule has 4 aromatic carbocycles. The first-order chi connectivity index (χ1) is 19.4. The van der Waals surface area contributed by atoms with Crippen LogP contribution in [-0.4, -0.2) is 18.5 Å². The van der Waals surface area contributed by atoms with Crippen LogP contribution in [0.4, 0.5) is 5.69 Å². The van der Waals surface area contributed by atoms with Crippen LogP contribution >= 0.6 is 0 Å². The summed E-state index contributed by atoms with van der Waals surface area (Å²) in [5, 5.41) is 0.410. The standard InChI is InChI=1S/C33H25NO6/c1-3-38-33(37)21-13-15-23(16-14-21)34-29(22-8-7-11-25(19-22)39-24-9-5-4-6-10-24)28-30(35)26-18-20(2)12-17-27(26)40-31(28)32(34)36/h4-19,29H,3H2,1-2H3. The maximum absolute atomic E-state index is 13.9. The van der Waals surface area contributed by atoms with Crippen LogP contribution in [0.15, 0.2) is 106 Å². The van der Waals surface area contributed by atoms with Crippen molar-refractivity contribution in [3.8, 4) is 11.5 Å². The summed E-state index contributed by atoms with van der Waals surface area (Å²) in [5.74, 6) is 0.317. The Kier molecular flexibility index (Phi) is 6.40. The molecule has 1 aliphatic heterocycles. The molecule has 198 valence electrons. The van der Waals surface area contributed by atoms with Gasteiger partial charge in [-0.3, -0.25) is 14.5 Å². The maximum atomic E-state index is 13.9. The molecule has 0 aliphatic carbocycles. The van der Waals surface area contributed by atoms with Crippen LogP contribution in [0.2, 0.25) is 0 Å². The van der Waals surface area contributed by atoms with Gasteiger partial charge in [0, 0.05) is 5.69 Å². The molecule has 1 amide bonds. The van der Waals surface area contributed by atoms with Crippen molar-refractivity contribution in [1.82, 2.24) is 0 Å². The smallest absolute Gasteiger partial charge is 0.338 e. The van der Waals surface area contributed by atoms with Crippen LogP contribution in [0.1, 0.15) is 50.6 Å². The number of hydrogen-bond acceptors (Lipinski definition) is 6. The molecule has 7 heteroatoms. The van der Waals surface area contributed by atoms with Gasteiger partial charge in [0.15, 0.2) is 5.43 Å². The molecule has 1 aliphatic rings. The van der Waals surface area contributed by atoms with Crippen molar-refractivity contribution in [3.63, 3.8) is 0 Å². The fraction of sp³-hybridized carbons (Fsp3) is 0.121. The molecule has 0 fully saturated rings. The van der Waals surface area contributed by atoms with E-state index >= 15 is 0 Å². The molecule has 0 saturated carbocycles. The fourth-order valence-corrected chi connectivity index (χ4v) is 5.01. The van der Waals surface area contributed by atoms with E-state index in [0.717, 1.165) is 5.56 Å². The molecule has 2 heterocycles. The first kappa shape index (κ1) is 25.1. The highest BCUT2D eigenvalue weighted by Crippen LogP contribution is 2.42. The number of aryl methyl sites for hydroxylation is 1. The van der Waals surface area contributed by atoms with Crippen molar-refractivity contribution in [3.05, 3.63) is 135 Å². The number of anilines is 1. The van der Waals surface area contributed by atoms with Crippen molar-refractivity contribution >= 4 is 28.5 Å². The first-order valence-electron chi connectivity index (χ1n) is 13.0. The molecule has 0 N–H and O–H groups in total. The van der Waals surface area contributed by atoms with Gasteiger partial charge in [-0.15, -0.1) is 0 Å². The lowest BCUT2D eigenvalue weighted by atomic mass is 9.97. The summed E-state index contributed by atoms with van der Waals surface area (Å²) in [6.07, 6.45) is 0. The number of nitrogens with zero attached hydrogens (tertiary/aromatic N) is 1. The van der Waals surface area contributed by atoms with Crippen molar-refractivity contribution in [1.29, 1.82) is 0 Å². The Balaban J connectivity index is 1.51. The van der Waals surface area contributed by atoms with Gasteiger partial charge in [-0.1, -0.05) is 42.0 Å². The zero-order valence-corrected chi connectivity index (χ0v) is 21.9. The minimum atomic E-state index is -0.781. The molecule has 0 radical (unpaired) electrons. The van der Waals surface area contributed by atoms with E-state index < -0.39 is 17.9 Å². The summed E-state index contributed by atoms with van der Waals surface area (Å²) in [6.45, 7) is 3.89. The molecule has 1 aromatic heterocycles. The van der Waals surface area contributed by atoms with E-state index in [2.05, 4.69) is 0 Å². The molecule has 0 saturated heterocycles. The summed E-state index contributed by atoms with van der Waals surface area (Å²) < 4.78 is 17.2. The van der Waals surface area contributed by atoms with Gasteiger partial charge in [0.1, 0.15) is 17.1 Å². The molecule has 0 spiro atoms. The molecule has 6 rings (SSSR count). The van der Waals surface area contributed by atoms with Gasteiger partial charge in [0.2, 0.25) is 5.76 Å². The predicted octanol–water partition coefficient (Wildman–Crippen LogP) is 6.82. The Labute approximate surface area is 230 Å². The van der Waals surface area contributed by atoms with Crippen LogP contribution in [0.3, 0.4) is 0 Å². The Morgan fingerprint density at radius 2 is 1.62 bits per heavy atom. The van der Waals surface area contributed by atoms with E-state index in [9.17, 15) is 14.4 Å². The molecule has 40 heavy (non-hydrogen) atoms. The number of ether oxygens (including phenoxy) is 2. The van der Waals surface area contributed by atoms with Crippen LogP contribution in [0, 0.1) is 6.92 Å². The molecule has 1 unspecified atom stereocenters. The third-order valence-electron chi connectivity index (χ3n) is 6.83. The van der Waals surface area contributed by atoms with Gasteiger partial charge in [-0.25, -0.2) is 4.79 Å². The van der Waals surface area contributed by atoms with Crippen LogP contribution in [-0.2, 0) is 4.74 Å². The van der Waals surface area contributed by atoms with Crippen LogP contribution in [0.25, 0.3) is 11.0 Å². The highest BCUT2D eigenvalue weighted by Gasteiger charge is 2.43. The number of amides is 1.